The summed E-state index contributed by atoms with van der Waals surface area (Å²) in [5, 5.41) is 0. The number of pyridine rings is 1. The number of hydrogen-bond acceptors (Lipinski definition) is 3. The van der Waals surface area contributed by atoms with Gasteiger partial charge in [-0.15, -0.1) is 0 Å². The van der Waals surface area contributed by atoms with Crippen molar-refractivity contribution in [2.45, 2.75) is 38.1 Å². The molecule has 1 aliphatic rings. The molecule has 1 aromatic rings. The number of hydrogen-bond donors (Lipinski definition) is 2. The van der Waals surface area contributed by atoms with Crippen molar-refractivity contribution in [2.24, 2.45) is 11.8 Å². The Hall–Kier alpha value is -0.930. The largest absolute Gasteiger partial charge is 0.271 e. The van der Waals surface area contributed by atoms with E-state index in [2.05, 4.69) is 22.5 Å². The highest BCUT2D eigenvalue weighted by Gasteiger charge is 2.23. The molecule has 82 valence electrons. The van der Waals surface area contributed by atoms with Gasteiger partial charge in [-0.05, 0) is 36.5 Å². The average molecular weight is 205 g/mol. The molecule has 0 spiro atoms. The summed E-state index contributed by atoms with van der Waals surface area (Å²) < 4.78 is 0. The van der Waals surface area contributed by atoms with Crippen LogP contribution in [-0.2, 0) is 0 Å². The summed E-state index contributed by atoms with van der Waals surface area (Å²) >= 11 is 0. The second-order valence-electron chi connectivity index (χ2n) is 4.32. The van der Waals surface area contributed by atoms with Crippen LogP contribution in [0.3, 0.4) is 0 Å². The second kappa shape index (κ2) is 5.24. The molecule has 1 aromatic heterocycles. The number of nitrogens with one attached hydrogen (secondary N) is 1. The Morgan fingerprint density at radius 3 is 2.47 bits per heavy atom. The first-order valence-corrected chi connectivity index (χ1v) is 5.78. The van der Waals surface area contributed by atoms with Crippen LogP contribution in [-0.4, -0.2) is 4.98 Å². The third-order valence-electron chi connectivity index (χ3n) is 3.37. The van der Waals surface area contributed by atoms with Gasteiger partial charge in [0.05, 0.1) is 0 Å². The van der Waals surface area contributed by atoms with Crippen molar-refractivity contribution in [1.82, 2.24) is 10.4 Å². The van der Waals surface area contributed by atoms with E-state index < -0.39 is 0 Å². The molecular weight excluding hydrogens is 186 g/mol. The fourth-order valence-corrected chi connectivity index (χ4v) is 2.54. The molecule has 1 fully saturated rings. The summed E-state index contributed by atoms with van der Waals surface area (Å²) in [6.07, 6.45) is 10.3. The lowest BCUT2D eigenvalue weighted by Crippen LogP contribution is -2.34. The van der Waals surface area contributed by atoms with E-state index in [9.17, 15) is 0 Å². The third kappa shape index (κ3) is 2.55. The normalized spacial score (nSPS) is 20.1. The van der Waals surface area contributed by atoms with Gasteiger partial charge in [-0.25, -0.2) is 0 Å². The van der Waals surface area contributed by atoms with Gasteiger partial charge in [-0.2, -0.15) is 0 Å². The van der Waals surface area contributed by atoms with Gasteiger partial charge in [0.2, 0.25) is 0 Å². The maximum Gasteiger partial charge on any atom is 0.0489 e. The Kier molecular flexibility index (Phi) is 3.69. The minimum atomic E-state index is 0.299. The Bertz CT molecular complexity index is 280. The van der Waals surface area contributed by atoms with E-state index in [1.165, 1.54) is 37.7 Å². The van der Waals surface area contributed by atoms with E-state index in [1.54, 1.807) is 0 Å². The second-order valence-corrected chi connectivity index (χ2v) is 4.32. The van der Waals surface area contributed by atoms with Gasteiger partial charge in [-0.3, -0.25) is 16.3 Å². The Balaban J connectivity index is 2.09. The smallest absolute Gasteiger partial charge is 0.0489 e. The minimum absolute atomic E-state index is 0.299. The van der Waals surface area contributed by atoms with Crippen LogP contribution in [0.15, 0.2) is 24.5 Å². The van der Waals surface area contributed by atoms with Crippen molar-refractivity contribution in [3.63, 3.8) is 0 Å². The zero-order valence-corrected chi connectivity index (χ0v) is 9.02. The molecule has 1 aliphatic carbocycles. The zero-order valence-electron chi connectivity index (χ0n) is 9.02. The average Bonchev–Trinajstić information content (AvgIpc) is 2.33. The first-order valence-electron chi connectivity index (χ1n) is 5.78. The molecule has 1 saturated carbocycles. The highest BCUT2D eigenvalue weighted by atomic mass is 15.2. The van der Waals surface area contributed by atoms with Crippen LogP contribution in [0.4, 0.5) is 0 Å². The summed E-state index contributed by atoms with van der Waals surface area (Å²) in [7, 11) is 0. The van der Waals surface area contributed by atoms with Crippen LogP contribution < -0.4 is 11.3 Å². The molecule has 3 heteroatoms. The first kappa shape index (κ1) is 10.6. The molecule has 0 aromatic carbocycles. The lowest BCUT2D eigenvalue weighted by molar-refractivity contribution is 0.273. The molecule has 15 heavy (non-hydrogen) atoms. The maximum absolute atomic E-state index is 5.67. The fourth-order valence-electron chi connectivity index (χ4n) is 2.54. The van der Waals surface area contributed by atoms with Crippen LogP contribution in [0, 0.1) is 5.92 Å². The van der Waals surface area contributed by atoms with Crippen LogP contribution in [0.25, 0.3) is 0 Å². The Morgan fingerprint density at radius 2 is 1.87 bits per heavy atom. The van der Waals surface area contributed by atoms with E-state index >= 15 is 0 Å². The van der Waals surface area contributed by atoms with Gasteiger partial charge in [0.1, 0.15) is 0 Å². The summed E-state index contributed by atoms with van der Waals surface area (Å²) in [5.74, 6) is 6.35. The number of aromatic nitrogens is 1. The number of nitrogens with zero attached hydrogens (tertiary/aromatic N) is 1. The van der Waals surface area contributed by atoms with Crippen molar-refractivity contribution in [2.75, 3.05) is 0 Å². The molecule has 1 atom stereocenters. The lowest BCUT2D eigenvalue weighted by Gasteiger charge is -2.29. The molecule has 0 aliphatic heterocycles. The van der Waals surface area contributed by atoms with Gasteiger partial charge in [-0.1, -0.05) is 19.3 Å². The zero-order chi connectivity index (χ0) is 10.5. The highest BCUT2D eigenvalue weighted by Crippen LogP contribution is 2.33. The quantitative estimate of drug-likeness (QED) is 0.587. The maximum atomic E-state index is 5.67. The van der Waals surface area contributed by atoms with Crippen LogP contribution in [0.1, 0.15) is 43.7 Å². The van der Waals surface area contributed by atoms with E-state index in [0.29, 0.717) is 12.0 Å². The summed E-state index contributed by atoms with van der Waals surface area (Å²) in [6.45, 7) is 0. The van der Waals surface area contributed by atoms with Crippen molar-refractivity contribution in [3.8, 4) is 0 Å². The standard InChI is InChI=1S/C12H19N3/c13-15-12(10-4-2-1-3-5-10)11-6-8-14-9-7-11/h6-10,12,15H,1-5,13H2. The summed E-state index contributed by atoms with van der Waals surface area (Å²) in [6, 6.07) is 4.41. The molecule has 0 bridgehead atoms. The van der Waals surface area contributed by atoms with Crippen LogP contribution in [0.5, 0.6) is 0 Å². The molecule has 1 unspecified atom stereocenters. The van der Waals surface area contributed by atoms with Crippen molar-refractivity contribution >= 4 is 0 Å². The molecule has 0 amide bonds. The molecule has 1 heterocycles. The SMILES string of the molecule is NNC(c1ccncc1)C1CCCCC1. The molecule has 3 nitrogen and oxygen atoms in total. The van der Waals surface area contributed by atoms with E-state index in [1.807, 2.05) is 12.4 Å². The molecular formula is C12H19N3. The van der Waals surface area contributed by atoms with E-state index in [4.69, 9.17) is 5.84 Å². The first-order chi connectivity index (χ1) is 7.42. The van der Waals surface area contributed by atoms with Gasteiger partial charge in [0.15, 0.2) is 0 Å². The minimum Gasteiger partial charge on any atom is -0.271 e. The molecule has 3 N–H and O–H groups in total. The van der Waals surface area contributed by atoms with E-state index in [-0.39, 0.29) is 0 Å². The summed E-state index contributed by atoms with van der Waals surface area (Å²) in [4.78, 5) is 4.04. The van der Waals surface area contributed by atoms with Gasteiger partial charge < -0.3 is 0 Å². The van der Waals surface area contributed by atoms with Crippen molar-refractivity contribution in [3.05, 3.63) is 30.1 Å². The third-order valence-corrected chi connectivity index (χ3v) is 3.37. The van der Waals surface area contributed by atoms with Crippen LogP contribution >= 0.6 is 0 Å². The topological polar surface area (TPSA) is 50.9 Å². The van der Waals surface area contributed by atoms with Gasteiger partial charge in [0.25, 0.3) is 0 Å². The lowest BCUT2D eigenvalue weighted by atomic mass is 9.81. The number of rotatable bonds is 3. The van der Waals surface area contributed by atoms with Crippen molar-refractivity contribution < 1.29 is 0 Å². The van der Waals surface area contributed by atoms with Crippen LogP contribution in [0.2, 0.25) is 0 Å². The Labute approximate surface area is 91.1 Å². The molecule has 2 rings (SSSR count). The van der Waals surface area contributed by atoms with Crippen molar-refractivity contribution in [1.29, 1.82) is 0 Å². The molecule has 0 saturated heterocycles. The van der Waals surface area contributed by atoms with E-state index in [0.717, 1.165) is 0 Å². The fraction of sp³-hybridized carbons (Fsp3) is 0.583. The number of hydrazine groups is 1. The Morgan fingerprint density at radius 1 is 1.20 bits per heavy atom. The van der Waals surface area contributed by atoms with Gasteiger partial charge >= 0.3 is 0 Å². The predicted octanol–water partition coefficient (Wildman–Crippen LogP) is 2.17. The number of nitrogens with two attached hydrogens (primary N) is 1. The highest BCUT2D eigenvalue weighted by molar-refractivity contribution is 5.15. The predicted molar refractivity (Wildman–Crippen MR) is 60.9 cm³/mol. The monoisotopic (exact) mass is 205 g/mol. The summed E-state index contributed by atoms with van der Waals surface area (Å²) in [5.41, 5.74) is 4.22. The van der Waals surface area contributed by atoms with Gasteiger partial charge in [0, 0.05) is 18.4 Å². The molecule has 0 radical (unpaired) electrons.